The third-order valence-corrected chi connectivity index (χ3v) is 3.18. The van der Waals surface area contributed by atoms with E-state index in [9.17, 15) is 4.79 Å². The smallest absolute Gasteiger partial charge is 0.255 e. The summed E-state index contributed by atoms with van der Waals surface area (Å²) in [5, 5.41) is 11.2. The van der Waals surface area contributed by atoms with E-state index in [1.165, 1.54) is 0 Å². The fourth-order valence-electron chi connectivity index (χ4n) is 2.04. The normalized spacial score (nSPS) is 10.6. The first kappa shape index (κ1) is 14.7. The number of hydrogen-bond donors (Lipinski definition) is 1. The first-order chi connectivity index (χ1) is 11.3. The molecular weight excluding hydrogens is 286 g/mol. The highest BCUT2D eigenvalue weighted by Crippen LogP contribution is 2.19. The van der Waals surface area contributed by atoms with Crippen LogP contribution in [0.5, 0.6) is 0 Å². The summed E-state index contributed by atoms with van der Waals surface area (Å²) in [6.07, 6.45) is 0. The maximum absolute atomic E-state index is 12.3. The zero-order chi connectivity index (χ0) is 15.9. The number of para-hydroxylation sites is 1. The molecule has 0 atom stereocenters. The minimum Gasteiger partial charge on any atom is -0.322 e. The standard InChI is InChI=1S/C19H15N3O/c23-19(20-16-9-3-1-4-10-16)15-8-7-13-18(14-15)22-21-17-11-5-2-6-12-17/h1-14H,(H,20,23). The molecule has 3 aromatic rings. The molecule has 3 aromatic carbocycles. The molecule has 1 amide bonds. The molecule has 0 heterocycles. The minimum atomic E-state index is -0.173. The Morgan fingerprint density at radius 1 is 0.696 bits per heavy atom. The third-order valence-electron chi connectivity index (χ3n) is 3.18. The minimum absolute atomic E-state index is 0.173. The molecule has 0 aliphatic carbocycles. The van der Waals surface area contributed by atoms with Gasteiger partial charge in [-0.25, -0.2) is 0 Å². The van der Waals surface area contributed by atoms with Crippen LogP contribution in [0.3, 0.4) is 0 Å². The Morgan fingerprint density at radius 2 is 1.30 bits per heavy atom. The van der Waals surface area contributed by atoms with Gasteiger partial charge in [-0.05, 0) is 42.5 Å². The van der Waals surface area contributed by atoms with Crippen LogP contribution in [-0.4, -0.2) is 5.91 Å². The predicted molar refractivity (Wildman–Crippen MR) is 91.5 cm³/mol. The monoisotopic (exact) mass is 301 g/mol. The van der Waals surface area contributed by atoms with Crippen LogP contribution in [0.2, 0.25) is 0 Å². The number of nitrogens with one attached hydrogen (secondary N) is 1. The molecule has 0 aliphatic heterocycles. The van der Waals surface area contributed by atoms with E-state index in [1.54, 1.807) is 18.2 Å². The second-order valence-electron chi connectivity index (χ2n) is 4.91. The summed E-state index contributed by atoms with van der Waals surface area (Å²) in [5.74, 6) is -0.173. The number of nitrogens with zero attached hydrogens (tertiary/aromatic N) is 2. The lowest BCUT2D eigenvalue weighted by Crippen LogP contribution is -2.11. The average Bonchev–Trinajstić information content (AvgIpc) is 2.62. The average molecular weight is 301 g/mol. The quantitative estimate of drug-likeness (QED) is 0.648. The van der Waals surface area contributed by atoms with Crippen LogP contribution in [0.25, 0.3) is 0 Å². The van der Waals surface area contributed by atoms with Crippen molar-refractivity contribution >= 4 is 23.0 Å². The van der Waals surface area contributed by atoms with Gasteiger partial charge < -0.3 is 5.32 Å². The SMILES string of the molecule is O=C(Nc1ccccc1)c1cccc(N=Nc2ccccc2)c1. The first-order valence-electron chi connectivity index (χ1n) is 7.24. The highest BCUT2D eigenvalue weighted by molar-refractivity contribution is 6.04. The predicted octanol–water partition coefficient (Wildman–Crippen LogP) is 5.35. The molecule has 0 fully saturated rings. The van der Waals surface area contributed by atoms with Crippen LogP contribution < -0.4 is 5.32 Å². The van der Waals surface area contributed by atoms with E-state index in [2.05, 4.69) is 15.5 Å². The van der Waals surface area contributed by atoms with Gasteiger partial charge in [0.1, 0.15) is 0 Å². The zero-order valence-electron chi connectivity index (χ0n) is 12.4. The Kier molecular flexibility index (Phi) is 4.55. The van der Waals surface area contributed by atoms with Crippen molar-refractivity contribution in [3.63, 3.8) is 0 Å². The second-order valence-corrected chi connectivity index (χ2v) is 4.91. The van der Waals surface area contributed by atoms with Crippen LogP contribution in [0.1, 0.15) is 10.4 Å². The van der Waals surface area contributed by atoms with E-state index in [-0.39, 0.29) is 5.91 Å². The maximum atomic E-state index is 12.3. The van der Waals surface area contributed by atoms with Crippen molar-refractivity contribution in [1.82, 2.24) is 0 Å². The van der Waals surface area contributed by atoms with Gasteiger partial charge in [-0.3, -0.25) is 4.79 Å². The molecule has 0 bridgehead atoms. The number of carbonyl (C=O) groups excluding carboxylic acids is 1. The van der Waals surface area contributed by atoms with Gasteiger partial charge in [0, 0.05) is 11.3 Å². The summed E-state index contributed by atoms with van der Waals surface area (Å²) in [6.45, 7) is 0. The largest absolute Gasteiger partial charge is 0.322 e. The molecule has 0 saturated carbocycles. The lowest BCUT2D eigenvalue weighted by atomic mass is 10.2. The highest BCUT2D eigenvalue weighted by atomic mass is 16.1. The van der Waals surface area contributed by atoms with Crippen LogP contribution in [0.15, 0.2) is 95.2 Å². The Labute approximate surface area is 134 Å². The van der Waals surface area contributed by atoms with Gasteiger partial charge in [0.05, 0.1) is 11.4 Å². The maximum Gasteiger partial charge on any atom is 0.255 e. The van der Waals surface area contributed by atoms with Crippen molar-refractivity contribution < 1.29 is 4.79 Å². The van der Waals surface area contributed by atoms with Crippen LogP contribution in [-0.2, 0) is 0 Å². The lowest BCUT2D eigenvalue weighted by Gasteiger charge is -2.05. The molecule has 23 heavy (non-hydrogen) atoms. The van der Waals surface area contributed by atoms with E-state index in [0.29, 0.717) is 11.3 Å². The van der Waals surface area contributed by atoms with Gasteiger partial charge in [-0.15, -0.1) is 0 Å². The van der Waals surface area contributed by atoms with Gasteiger partial charge >= 0.3 is 0 Å². The molecule has 4 nitrogen and oxygen atoms in total. The number of rotatable bonds is 4. The molecule has 0 radical (unpaired) electrons. The fourth-order valence-corrected chi connectivity index (χ4v) is 2.04. The summed E-state index contributed by atoms with van der Waals surface area (Å²) >= 11 is 0. The Bertz CT molecular complexity index is 814. The molecule has 112 valence electrons. The third kappa shape index (κ3) is 4.11. The summed E-state index contributed by atoms with van der Waals surface area (Å²) in [6, 6.07) is 25.9. The molecule has 0 aromatic heterocycles. The summed E-state index contributed by atoms with van der Waals surface area (Å²) < 4.78 is 0. The van der Waals surface area contributed by atoms with E-state index in [4.69, 9.17) is 0 Å². The number of amides is 1. The Balaban J connectivity index is 1.74. The van der Waals surface area contributed by atoms with Crippen molar-refractivity contribution in [2.75, 3.05) is 5.32 Å². The van der Waals surface area contributed by atoms with E-state index < -0.39 is 0 Å². The van der Waals surface area contributed by atoms with Crippen molar-refractivity contribution in [1.29, 1.82) is 0 Å². The van der Waals surface area contributed by atoms with Gasteiger partial charge in [0.15, 0.2) is 0 Å². The van der Waals surface area contributed by atoms with Gasteiger partial charge in [-0.1, -0.05) is 42.5 Å². The van der Waals surface area contributed by atoms with Crippen molar-refractivity contribution in [3.8, 4) is 0 Å². The summed E-state index contributed by atoms with van der Waals surface area (Å²) in [4.78, 5) is 12.3. The molecule has 4 heteroatoms. The molecule has 1 N–H and O–H groups in total. The number of anilines is 1. The van der Waals surface area contributed by atoms with Gasteiger partial charge in [0.2, 0.25) is 0 Å². The number of carbonyl (C=O) groups is 1. The molecule has 0 aliphatic rings. The van der Waals surface area contributed by atoms with Crippen LogP contribution in [0.4, 0.5) is 17.1 Å². The van der Waals surface area contributed by atoms with Crippen molar-refractivity contribution in [3.05, 3.63) is 90.5 Å². The molecular formula is C19H15N3O. The van der Waals surface area contributed by atoms with Gasteiger partial charge in [-0.2, -0.15) is 10.2 Å². The lowest BCUT2D eigenvalue weighted by molar-refractivity contribution is 0.102. The van der Waals surface area contributed by atoms with Crippen molar-refractivity contribution in [2.45, 2.75) is 0 Å². The molecule has 0 spiro atoms. The molecule has 0 unspecified atom stereocenters. The van der Waals surface area contributed by atoms with Gasteiger partial charge in [0.25, 0.3) is 5.91 Å². The number of benzene rings is 3. The highest BCUT2D eigenvalue weighted by Gasteiger charge is 2.06. The molecule has 0 saturated heterocycles. The topological polar surface area (TPSA) is 53.8 Å². The Hall–Kier alpha value is -3.27. The molecule has 3 rings (SSSR count). The van der Waals surface area contributed by atoms with E-state index >= 15 is 0 Å². The van der Waals surface area contributed by atoms with E-state index in [1.807, 2.05) is 66.7 Å². The zero-order valence-corrected chi connectivity index (χ0v) is 12.4. The number of hydrogen-bond acceptors (Lipinski definition) is 3. The summed E-state index contributed by atoms with van der Waals surface area (Å²) in [5.41, 5.74) is 2.70. The van der Waals surface area contributed by atoms with Crippen LogP contribution in [0, 0.1) is 0 Å². The van der Waals surface area contributed by atoms with Crippen LogP contribution >= 0.6 is 0 Å². The van der Waals surface area contributed by atoms with E-state index in [0.717, 1.165) is 11.4 Å². The van der Waals surface area contributed by atoms with Crippen molar-refractivity contribution in [2.24, 2.45) is 10.2 Å². The fraction of sp³-hybridized carbons (Fsp3) is 0. The Morgan fingerprint density at radius 3 is 2.04 bits per heavy atom. The summed E-state index contributed by atoms with van der Waals surface area (Å²) in [7, 11) is 0. The number of azo groups is 1. The second kappa shape index (κ2) is 7.13. The first-order valence-corrected chi connectivity index (χ1v) is 7.24.